The van der Waals surface area contributed by atoms with Crippen LogP contribution in [0.3, 0.4) is 0 Å². The highest BCUT2D eigenvalue weighted by molar-refractivity contribution is 5.69. The first-order valence-electron chi connectivity index (χ1n) is 4.45. The molecule has 0 aliphatic rings. The van der Waals surface area contributed by atoms with Crippen molar-refractivity contribution in [3.05, 3.63) is 0 Å². The summed E-state index contributed by atoms with van der Waals surface area (Å²) in [5, 5.41) is 9.32. The van der Waals surface area contributed by atoms with E-state index in [2.05, 4.69) is 11.7 Å². The second-order valence-electron chi connectivity index (χ2n) is 2.91. The molecule has 0 aliphatic carbocycles. The van der Waals surface area contributed by atoms with E-state index in [1.165, 1.54) is 7.11 Å². The van der Waals surface area contributed by atoms with Gasteiger partial charge in [0.25, 0.3) is 0 Å². The number of aliphatic hydroxyl groups excluding tert-OH is 1. The Hall–Kier alpha value is -0.570. The zero-order valence-corrected chi connectivity index (χ0v) is 7.88. The van der Waals surface area contributed by atoms with Gasteiger partial charge in [-0.1, -0.05) is 19.8 Å². The molecule has 0 bridgehead atoms. The van der Waals surface area contributed by atoms with Crippen molar-refractivity contribution in [2.45, 2.75) is 45.1 Å². The summed E-state index contributed by atoms with van der Waals surface area (Å²) in [5.74, 6) is -0.245. The number of unbranched alkanes of at least 4 members (excludes halogenated alkanes) is 1. The van der Waals surface area contributed by atoms with E-state index in [0.29, 0.717) is 12.8 Å². The normalized spacial score (nSPS) is 12.6. The molecule has 0 radical (unpaired) electrons. The lowest BCUT2D eigenvalue weighted by Gasteiger charge is -2.07. The van der Waals surface area contributed by atoms with E-state index >= 15 is 0 Å². The lowest BCUT2D eigenvalue weighted by atomic mass is 10.1. The maximum atomic E-state index is 10.7. The SMILES string of the molecule is CCCC[C@@H](O)CCC(=O)OC. The van der Waals surface area contributed by atoms with Crippen molar-refractivity contribution in [3.8, 4) is 0 Å². The van der Waals surface area contributed by atoms with Gasteiger partial charge in [0.1, 0.15) is 0 Å². The van der Waals surface area contributed by atoms with E-state index < -0.39 is 0 Å². The molecule has 12 heavy (non-hydrogen) atoms. The van der Waals surface area contributed by atoms with Gasteiger partial charge in [-0.3, -0.25) is 4.79 Å². The molecule has 1 atom stereocenters. The van der Waals surface area contributed by atoms with Crippen LogP contribution in [0.5, 0.6) is 0 Å². The summed E-state index contributed by atoms with van der Waals surface area (Å²) in [7, 11) is 1.36. The van der Waals surface area contributed by atoms with Gasteiger partial charge in [-0.2, -0.15) is 0 Å². The fraction of sp³-hybridized carbons (Fsp3) is 0.889. The Morgan fingerprint density at radius 1 is 1.50 bits per heavy atom. The number of esters is 1. The number of ether oxygens (including phenoxy) is 1. The predicted molar refractivity (Wildman–Crippen MR) is 46.8 cm³/mol. The first-order valence-corrected chi connectivity index (χ1v) is 4.45. The third kappa shape index (κ3) is 6.16. The summed E-state index contributed by atoms with van der Waals surface area (Å²) in [6.07, 6.45) is 3.38. The van der Waals surface area contributed by atoms with E-state index in [1.807, 2.05) is 0 Å². The Morgan fingerprint density at radius 3 is 2.67 bits per heavy atom. The number of hydrogen-bond donors (Lipinski definition) is 1. The van der Waals surface area contributed by atoms with Crippen molar-refractivity contribution in [2.75, 3.05) is 7.11 Å². The first kappa shape index (κ1) is 11.4. The molecule has 0 aromatic heterocycles. The standard InChI is InChI=1S/C9H18O3/c1-3-4-5-8(10)6-7-9(11)12-2/h8,10H,3-7H2,1-2H3/t8-/m1/s1. The van der Waals surface area contributed by atoms with Crippen molar-refractivity contribution in [1.82, 2.24) is 0 Å². The fourth-order valence-corrected chi connectivity index (χ4v) is 0.971. The number of carbonyl (C=O) groups is 1. The lowest BCUT2D eigenvalue weighted by Crippen LogP contribution is -2.10. The zero-order valence-electron chi connectivity index (χ0n) is 7.88. The van der Waals surface area contributed by atoms with Crippen molar-refractivity contribution < 1.29 is 14.6 Å². The zero-order chi connectivity index (χ0) is 9.40. The summed E-state index contributed by atoms with van der Waals surface area (Å²) in [6.45, 7) is 2.08. The molecule has 0 amide bonds. The molecule has 0 spiro atoms. The molecule has 0 fully saturated rings. The van der Waals surface area contributed by atoms with Crippen molar-refractivity contribution in [2.24, 2.45) is 0 Å². The van der Waals surface area contributed by atoms with Crippen LogP contribution >= 0.6 is 0 Å². The van der Waals surface area contributed by atoms with Gasteiger partial charge in [0, 0.05) is 6.42 Å². The van der Waals surface area contributed by atoms with Gasteiger partial charge in [0.2, 0.25) is 0 Å². The number of methoxy groups -OCH3 is 1. The van der Waals surface area contributed by atoms with Gasteiger partial charge in [0.15, 0.2) is 0 Å². The van der Waals surface area contributed by atoms with Crippen LogP contribution in [0.15, 0.2) is 0 Å². The van der Waals surface area contributed by atoms with Crippen LogP contribution in [-0.2, 0) is 9.53 Å². The number of carbonyl (C=O) groups excluding carboxylic acids is 1. The maximum absolute atomic E-state index is 10.7. The largest absolute Gasteiger partial charge is 0.469 e. The molecule has 3 nitrogen and oxygen atoms in total. The van der Waals surface area contributed by atoms with Crippen LogP contribution in [0.25, 0.3) is 0 Å². The molecule has 72 valence electrons. The number of hydrogen-bond acceptors (Lipinski definition) is 3. The smallest absolute Gasteiger partial charge is 0.305 e. The molecular formula is C9H18O3. The van der Waals surface area contributed by atoms with Gasteiger partial charge >= 0.3 is 5.97 Å². The average Bonchev–Trinajstić information content (AvgIpc) is 2.10. The van der Waals surface area contributed by atoms with Crippen LogP contribution in [0, 0.1) is 0 Å². The first-order chi connectivity index (χ1) is 5.70. The number of rotatable bonds is 6. The Labute approximate surface area is 73.7 Å². The van der Waals surface area contributed by atoms with Gasteiger partial charge in [-0.25, -0.2) is 0 Å². The van der Waals surface area contributed by atoms with E-state index in [9.17, 15) is 9.90 Å². The van der Waals surface area contributed by atoms with Crippen molar-refractivity contribution >= 4 is 5.97 Å². The Balaban J connectivity index is 3.30. The third-order valence-electron chi connectivity index (χ3n) is 1.80. The molecule has 0 saturated carbocycles. The molecule has 0 aliphatic heterocycles. The molecule has 0 unspecified atom stereocenters. The molecule has 0 aromatic carbocycles. The van der Waals surface area contributed by atoms with Gasteiger partial charge < -0.3 is 9.84 Å². The van der Waals surface area contributed by atoms with Gasteiger partial charge in [0.05, 0.1) is 13.2 Å². The third-order valence-corrected chi connectivity index (χ3v) is 1.80. The molecular weight excluding hydrogens is 156 g/mol. The highest BCUT2D eigenvalue weighted by Crippen LogP contribution is 2.06. The fourth-order valence-electron chi connectivity index (χ4n) is 0.971. The van der Waals surface area contributed by atoms with Crippen LogP contribution < -0.4 is 0 Å². The quantitative estimate of drug-likeness (QED) is 0.620. The van der Waals surface area contributed by atoms with E-state index in [4.69, 9.17) is 0 Å². The summed E-state index contributed by atoms with van der Waals surface area (Å²) < 4.78 is 4.46. The minimum atomic E-state index is -0.343. The van der Waals surface area contributed by atoms with Gasteiger partial charge in [-0.05, 0) is 12.8 Å². The lowest BCUT2D eigenvalue weighted by molar-refractivity contribution is -0.141. The summed E-state index contributed by atoms with van der Waals surface area (Å²) >= 11 is 0. The monoisotopic (exact) mass is 174 g/mol. The van der Waals surface area contributed by atoms with Crippen molar-refractivity contribution in [1.29, 1.82) is 0 Å². The van der Waals surface area contributed by atoms with E-state index in [0.717, 1.165) is 19.3 Å². The van der Waals surface area contributed by atoms with E-state index in [-0.39, 0.29) is 12.1 Å². The second kappa shape index (κ2) is 7.10. The van der Waals surface area contributed by atoms with Crippen LogP contribution in [-0.4, -0.2) is 24.3 Å². The number of aliphatic hydroxyl groups is 1. The molecule has 1 N–H and O–H groups in total. The Kier molecular flexibility index (Phi) is 6.76. The summed E-state index contributed by atoms with van der Waals surface area (Å²) in [6, 6.07) is 0. The minimum Gasteiger partial charge on any atom is -0.469 e. The van der Waals surface area contributed by atoms with Gasteiger partial charge in [-0.15, -0.1) is 0 Å². The molecule has 0 heterocycles. The van der Waals surface area contributed by atoms with E-state index in [1.54, 1.807) is 0 Å². The molecule has 0 rings (SSSR count). The molecule has 0 aromatic rings. The summed E-state index contributed by atoms with van der Waals surface area (Å²) in [5.41, 5.74) is 0. The highest BCUT2D eigenvalue weighted by Gasteiger charge is 2.06. The Morgan fingerprint density at radius 2 is 2.17 bits per heavy atom. The van der Waals surface area contributed by atoms with Crippen LogP contribution in [0.2, 0.25) is 0 Å². The molecule has 3 heteroatoms. The second-order valence-corrected chi connectivity index (χ2v) is 2.91. The average molecular weight is 174 g/mol. The van der Waals surface area contributed by atoms with Crippen LogP contribution in [0.1, 0.15) is 39.0 Å². The molecule has 0 saturated heterocycles. The van der Waals surface area contributed by atoms with Crippen LogP contribution in [0.4, 0.5) is 0 Å². The highest BCUT2D eigenvalue weighted by atomic mass is 16.5. The minimum absolute atomic E-state index is 0.245. The Bertz CT molecular complexity index is 123. The summed E-state index contributed by atoms with van der Waals surface area (Å²) in [4.78, 5) is 10.7. The predicted octanol–water partition coefficient (Wildman–Crippen LogP) is 1.49. The van der Waals surface area contributed by atoms with Crippen molar-refractivity contribution in [3.63, 3.8) is 0 Å². The maximum Gasteiger partial charge on any atom is 0.305 e. The topological polar surface area (TPSA) is 46.5 Å².